The molecule has 0 spiro atoms. The Bertz CT molecular complexity index is 302. The molecule has 1 saturated heterocycles. The van der Waals surface area contributed by atoms with Gasteiger partial charge in [0.2, 0.25) is 0 Å². The summed E-state index contributed by atoms with van der Waals surface area (Å²) >= 11 is 0. The van der Waals surface area contributed by atoms with E-state index in [-0.39, 0.29) is 17.5 Å². The molecular weight excluding hydrogens is 228 g/mol. The average molecular weight is 254 g/mol. The van der Waals surface area contributed by atoms with E-state index >= 15 is 0 Å². The van der Waals surface area contributed by atoms with E-state index in [1.807, 2.05) is 6.92 Å². The Morgan fingerprint density at radius 1 is 1.44 bits per heavy atom. The smallest absolute Gasteiger partial charge is 0.309 e. The highest BCUT2D eigenvalue weighted by Crippen LogP contribution is 2.43. The van der Waals surface area contributed by atoms with Crippen LogP contribution in [0.3, 0.4) is 0 Å². The van der Waals surface area contributed by atoms with Gasteiger partial charge in [0.1, 0.15) is 5.60 Å². The summed E-state index contributed by atoms with van der Waals surface area (Å²) in [6.45, 7) is 6.22. The van der Waals surface area contributed by atoms with Crippen LogP contribution >= 0.6 is 0 Å². The normalized spacial score (nSPS) is 35.7. The van der Waals surface area contributed by atoms with Gasteiger partial charge in [-0.3, -0.25) is 4.79 Å². The van der Waals surface area contributed by atoms with Crippen LogP contribution in [0.5, 0.6) is 0 Å². The first kappa shape index (κ1) is 13.9. The van der Waals surface area contributed by atoms with Crippen LogP contribution < -0.4 is 0 Å². The van der Waals surface area contributed by atoms with E-state index in [1.54, 1.807) is 0 Å². The number of ether oxygens (including phenoxy) is 2. The molecule has 18 heavy (non-hydrogen) atoms. The van der Waals surface area contributed by atoms with Crippen LogP contribution in [0.25, 0.3) is 0 Å². The van der Waals surface area contributed by atoms with E-state index in [4.69, 9.17) is 9.47 Å². The molecule has 4 unspecified atom stereocenters. The fraction of sp³-hybridized carbons (Fsp3) is 0.933. The van der Waals surface area contributed by atoms with E-state index in [0.717, 1.165) is 32.1 Å². The molecule has 2 rings (SSSR count). The molecule has 2 aliphatic rings. The predicted octanol–water partition coefficient (Wildman–Crippen LogP) is 3.46. The third-order valence-corrected chi connectivity index (χ3v) is 4.27. The SMILES string of the molecule is CCCCCC(C)C(=O)OC1(C)CCC2OC2C1. The zero-order chi connectivity index (χ0) is 13.2. The molecule has 4 atom stereocenters. The monoisotopic (exact) mass is 254 g/mol. The largest absolute Gasteiger partial charge is 0.459 e. The van der Waals surface area contributed by atoms with Gasteiger partial charge in [-0.2, -0.15) is 0 Å². The number of epoxide rings is 1. The minimum absolute atomic E-state index is 0.0206. The summed E-state index contributed by atoms with van der Waals surface area (Å²) < 4.78 is 11.3. The predicted molar refractivity (Wildman–Crippen MR) is 70.3 cm³/mol. The summed E-state index contributed by atoms with van der Waals surface area (Å²) in [5, 5.41) is 0. The second-order valence-corrected chi connectivity index (χ2v) is 6.22. The van der Waals surface area contributed by atoms with Crippen LogP contribution in [0.1, 0.15) is 65.7 Å². The van der Waals surface area contributed by atoms with Gasteiger partial charge in [-0.15, -0.1) is 0 Å². The zero-order valence-electron chi connectivity index (χ0n) is 11.9. The zero-order valence-corrected chi connectivity index (χ0v) is 11.9. The Hall–Kier alpha value is -0.570. The molecule has 3 nitrogen and oxygen atoms in total. The maximum absolute atomic E-state index is 12.1. The lowest BCUT2D eigenvalue weighted by atomic mass is 9.86. The molecule has 1 saturated carbocycles. The number of esters is 1. The third kappa shape index (κ3) is 3.47. The molecule has 0 aromatic rings. The van der Waals surface area contributed by atoms with E-state index in [0.29, 0.717) is 12.2 Å². The maximum Gasteiger partial charge on any atom is 0.309 e. The van der Waals surface area contributed by atoms with Crippen molar-refractivity contribution in [3.05, 3.63) is 0 Å². The van der Waals surface area contributed by atoms with E-state index < -0.39 is 0 Å². The van der Waals surface area contributed by atoms with Crippen molar-refractivity contribution < 1.29 is 14.3 Å². The van der Waals surface area contributed by atoms with Crippen LogP contribution in [0.15, 0.2) is 0 Å². The van der Waals surface area contributed by atoms with Gasteiger partial charge < -0.3 is 9.47 Å². The highest BCUT2D eigenvalue weighted by molar-refractivity contribution is 5.72. The molecule has 104 valence electrons. The van der Waals surface area contributed by atoms with E-state index in [9.17, 15) is 4.79 Å². The van der Waals surface area contributed by atoms with Crippen molar-refractivity contribution in [1.82, 2.24) is 0 Å². The molecule has 2 fully saturated rings. The van der Waals surface area contributed by atoms with Gasteiger partial charge in [-0.25, -0.2) is 0 Å². The molecule has 3 heteroatoms. The van der Waals surface area contributed by atoms with Crippen molar-refractivity contribution >= 4 is 5.97 Å². The second-order valence-electron chi connectivity index (χ2n) is 6.22. The quantitative estimate of drug-likeness (QED) is 0.414. The number of carbonyl (C=O) groups is 1. The Balaban J connectivity index is 1.75. The van der Waals surface area contributed by atoms with Gasteiger partial charge in [0.25, 0.3) is 0 Å². The van der Waals surface area contributed by atoms with Crippen molar-refractivity contribution in [2.75, 3.05) is 0 Å². The van der Waals surface area contributed by atoms with Crippen molar-refractivity contribution in [3.63, 3.8) is 0 Å². The van der Waals surface area contributed by atoms with Gasteiger partial charge in [0.05, 0.1) is 18.1 Å². The number of carbonyl (C=O) groups excluding carboxylic acids is 1. The molecule has 1 aliphatic carbocycles. The molecule has 1 heterocycles. The molecule has 0 bridgehead atoms. The van der Waals surface area contributed by atoms with Gasteiger partial charge in [0, 0.05) is 6.42 Å². The van der Waals surface area contributed by atoms with Gasteiger partial charge in [-0.05, 0) is 26.2 Å². The van der Waals surface area contributed by atoms with Gasteiger partial charge >= 0.3 is 5.97 Å². The highest BCUT2D eigenvalue weighted by atomic mass is 16.6. The number of unbranched alkanes of at least 4 members (excludes halogenated alkanes) is 2. The fourth-order valence-corrected chi connectivity index (χ4v) is 2.84. The molecule has 0 radical (unpaired) electrons. The lowest BCUT2D eigenvalue weighted by molar-refractivity contribution is -0.165. The molecule has 0 amide bonds. The maximum atomic E-state index is 12.1. The summed E-state index contributed by atoms with van der Waals surface area (Å²) in [5.41, 5.74) is -0.284. The van der Waals surface area contributed by atoms with Crippen molar-refractivity contribution in [2.45, 2.75) is 83.5 Å². The number of fused-ring (bicyclic) bond motifs is 1. The number of hydrogen-bond acceptors (Lipinski definition) is 3. The average Bonchev–Trinajstić information content (AvgIpc) is 3.06. The summed E-state index contributed by atoms with van der Waals surface area (Å²) in [6.07, 6.45) is 8.14. The van der Waals surface area contributed by atoms with Gasteiger partial charge in [0.15, 0.2) is 0 Å². The van der Waals surface area contributed by atoms with Crippen LogP contribution in [0.4, 0.5) is 0 Å². The van der Waals surface area contributed by atoms with Crippen LogP contribution in [-0.4, -0.2) is 23.8 Å². The standard InChI is InChI=1S/C15H26O3/c1-4-5-6-7-11(2)14(16)18-15(3)9-8-12-13(10-15)17-12/h11-13H,4-10H2,1-3H3. The Morgan fingerprint density at radius 3 is 2.89 bits per heavy atom. The molecule has 1 aliphatic heterocycles. The van der Waals surface area contributed by atoms with Crippen molar-refractivity contribution in [2.24, 2.45) is 5.92 Å². The van der Waals surface area contributed by atoms with Crippen LogP contribution in [-0.2, 0) is 14.3 Å². The van der Waals surface area contributed by atoms with E-state index in [1.165, 1.54) is 12.8 Å². The molecule has 0 aromatic carbocycles. The molecule has 0 aromatic heterocycles. The lowest BCUT2D eigenvalue weighted by Gasteiger charge is -2.32. The first-order valence-corrected chi connectivity index (χ1v) is 7.42. The lowest BCUT2D eigenvalue weighted by Crippen LogP contribution is -2.38. The minimum Gasteiger partial charge on any atom is -0.459 e. The topological polar surface area (TPSA) is 38.8 Å². The number of hydrogen-bond donors (Lipinski definition) is 0. The summed E-state index contributed by atoms with van der Waals surface area (Å²) in [5.74, 6) is 0.0129. The Labute approximate surface area is 110 Å². The molecule has 0 N–H and O–H groups in total. The van der Waals surface area contributed by atoms with E-state index in [2.05, 4.69) is 13.8 Å². The van der Waals surface area contributed by atoms with Gasteiger partial charge in [-0.1, -0.05) is 33.1 Å². The first-order chi connectivity index (χ1) is 8.54. The summed E-state index contributed by atoms with van der Waals surface area (Å²) in [4.78, 5) is 12.1. The number of rotatable bonds is 6. The molecular formula is C15H26O3. The van der Waals surface area contributed by atoms with Crippen molar-refractivity contribution in [3.8, 4) is 0 Å². The minimum atomic E-state index is -0.284. The highest BCUT2D eigenvalue weighted by Gasteiger charge is 2.50. The summed E-state index contributed by atoms with van der Waals surface area (Å²) in [7, 11) is 0. The fourth-order valence-electron chi connectivity index (χ4n) is 2.84. The van der Waals surface area contributed by atoms with Crippen LogP contribution in [0, 0.1) is 5.92 Å². The summed E-state index contributed by atoms with van der Waals surface area (Å²) in [6, 6.07) is 0. The second kappa shape index (κ2) is 5.60. The Kier molecular flexibility index (Phi) is 4.31. The third-order valence-electron chi connectivity index (χ3n) is 4.27. The van der Waals surface area contributed by atoms with Crippen molar-refractivity contribution in [1.29, 1.82) is 0 Å². The van der Waals surface area contributed by atoms with Crippen LogP contribution in [0.2, 0.25) is 0 Å². The first-order valence-electron chi connectivity index (χ1n) is 7.42. The Morgan fingerprint density at radius 2 is 2.22 bits per heavy atom.